The van der Waals surface area contributed by atoms with E-state index in [0.29, 0.717) is 35.5 Å². The van der Waals surface area contributed by atoms with Crippen LogP contribution in [-0.2, 0) is 11.2 Å². The maximum Gasteiger partial charge on any atom is 0.263 e. The minimum absolute atomic E-state index is 0.0806. The molecule has 0 unspecified atom stereocenters. The minimum Gasteiger partial charge on any atom is -0.380 e. The van der Waals surface area contributed by atoms with Crippen LogP contribution >= 0.6 is 11.3 Å². The second kappa shape index (κ2) is 7.01. The molecular weight excluding hydrogens is 276 g/mol. The predicted octanol–water partition coefficient (Wildman–Crippen LogP) is 0.596. The zero-order valence-electron chi connectivity index (χ0n) is 12.0. The first-order chi connectivity index (χ1) is 9.60. The van der Waals surface area contributed by atoms with Gasteiger partial charge in [0.25, 0.3) is 5.91 Å². The summed E-state index contributed by atoms with van der Waals surface area (Å²) in [5.74, 6) is 0.241. The number of nitrogens with two attached hydrogens (primary N) is 1. The summed E-state index contributed by atoms with van der Waals surface area (Å²) in [6.07, 6.45) is 0.714. The maximum atomic E-state index is 12.2. The van der Waals surface area contributed by atoms with Crippen molar-refractivity contribution in [3.63, 3.8) is 0 Å². The van der Waals surface area contributed by atoms with Crippen LogP contribution in [0.3, 0.4) is 0 Å². The van der Waals surface area contributed by atoms with Gasteiger partial charge < -0.3 is 20.7 Å². The molecule has 6 nitrogen and oxygen atoms in total. The molecule has 1 saturated heterocycles. The molecule has 0 saturated carbocycles. The Hall–Kier alpha value is -1.18. The number of hydrogen-bond donors (Lipinski definition) is 2. The second-order valence-electron chi connectivity index (χ2n) is 5.09. The lowest BCUT2D eigenvalue weighted by molar-refractivity contribution is 0.0924. The normalized spacial score (nSPS) is 20.6. The molecular formula is C13H22N4O2S. The highest BCUT2D eigenvalue weighted by Gasteiger charge is 2.20. The van der Waals surface area contributed by atoms with E-state index in [4.69, 9.17) is 10.5 Å². The molecule has 0 spiro atoms. The van der Waals surface area contributed by atoms with Gasteiger partial charge in [0, 0.05) is 25.6 Å². The standard InChI is InChI=1S/C13H22N4O2S/c1-3-10-11(20-13(14)16-10)12(18)15-6-9-7-17(2)4-5-19-8-9/h9H,3-8H2,1-2H3,(H2,14,16)(H,15,18)/t9-/m0/s1. The number of thiazole rings is 1. The van der Waals surface area contributed by atoms with Crippen molar-refractivity contribution in [2.24, 2.45) is 5.92 Å². The second-order valence-corrected chi connectivity index (χ2v) is 6.13. The van der Waals surface area contributed by atoms with Crippen molar-refractivity contribution >= 4 is 22.4 Å². The number of rotatable bonds is 4. The van der Waals surface area contributed by atoms with E-state index >= 15 is 0 Å². The summed E-state index contributed by atoms with van der Waals surface area (Å²) < 4.78 is 5.54. The van der Waals surface area contributed by atoms with Gasteiger partial charge in [0.1, 0.15) is 4.88 Å². The molecule has 1 aliphatic heterocycles. The molecule has 1 atom stereocenters. The number of aromatic nitrogens is 1. The van der Waals surface area contributed by atoms with Crippen molar-refractivity contribution in [3.8, 4) is 0 Å². The fourth-order valence-electron chi connectivity index (χ4n) is 2.28. The van der Waals surface area contributed by atoms with Crippen LogP contribution in [0.4, 0.5) is 5.13 Å². The van der Waals surface area contributed by atoms with E-state index in [1.807, 2.05) is 6.92 Å². The molecule has 1 aliphatic rings. The molecule has 1 amide bonds. The Bertz CT molecular complexity index is 463. The molecule has 2 heterocycles. The van der Waals surface area contributed by atoms with E-state index in [9.17, 15) is 4.79 Å². The Morgan fingerprint density at radius 3 is 3.20 bits per heavy atom. The van der Waals surface area contributed by atoms with E-state index in [2.05, 4.69) is 22.2 Å². The van der Waals surface area contributed by atoms with E-state index in [-0.39, 0.29) is 5.91 Å². The van der Waals surface area contributed by atoms with Gasteiger partial charge in [-0.05, 0) is 13.5 Å². The van der Waals surface area contributed by atoms with Crippen LogP contribution in [-0.4, -0.2) is 55.7 Å². The number of aryl methyl sites for hydroxylation is 1. The molecule has 2 rings (SSSR count). The average Bonchev–Trinajstić information content (AvgIpc) is 2.68. The first-order valence-corrected chi connectivity index (χ1v) is 7.71. The quantitative estimate of drug-likeness (QED) is 0.850. The molecule has 1 aromatic heterocycles. The molecule has 7 heteroatoms. The summed E-state index contributed by atoms with van der Waals surface area (Å²) in [7, 11) is 2.07. The number of ether oxygens (including phenoxy) is 1. The molecule has 0 aromatic carbocycles. The lowest BCUT2D eigenvalue weighted by Gasteiger charge is -2.19. The number of likely N-dealkylation sites (N-methyl/N-ethyl adjacent to an activating group) is 1. The van der Waals surface area contributed by atoms with Gasteiger partial charge in [0.15, 0.2) is 5.13 Å². The van der Waals surface area contributed by atoms with Crippen molar-refractivity contribution in [2.75, 3.05) is 45.6 Å². The van der Waals surface area contributed by atoms with Crippen molar-refractivity contribution in [1.82, 2.24) is 15.2 Å². The number of hydrogen-bond acceptors (Lipinski definition) is 6. The van der Waals surface area contributed by atoms with Crippen LogP contribution in [0.1, 0.15) is 22.3 Å². The zero-order chi connectivity index (χ0) is 14.5. The molecule has 0 radical (unpaired) electrons. The summed E-state index contributed by atoms with van der Waals surface area (Å²) in [5, 5.41) is 3.42. The zero-order valence-corrected chi connectivity index (χ0v) is 12.8. The molecule has 1 fully saturated rings. The topological polar surface area (TPSA) is 80.5 Å². The fraction of sp³-hybridized carbons (Fsp3) is 0.692. The number of nitrogens with one attached hydrogen (secondary N) is 1. The van der Waals surface area contributed by atoms with Gasteiger partial charge in [-0.25, -0.2) is 4.98 Å². The Morgan fingerprint density at radius 1 is 1.65 bits per heavy atom. The van der Waals surface area contributed by atoms with E-state index < -0.39 is 0 Å². The van der Waals surface area contributed by atoms with E-state index in [0.717, 1.165) is 25.4 Å². The van der Waals surface area contributed by atoms with Gasteiger partial charge in [-0.2, -0.15) is 0 Å². The van der Waals surface area contributed by atoms with E-state index in [1.54, 1.807) is 0 Å². The molecule has 0 bridgehead atoms. The largest absolute Gasteiger partial charge is 0.380 e. The van der Waals surface area contributed by atoms with Crippen LogP contribution < -0.4 is 11.1 Å². The van der Waals surface area contributed by atoms with Crippen LogP contribution in [0.2, 0.25) is 0 Å². The van der Waals surface area contributed by atoms with Gasteiger partial charge in [0.05, 0.1) is 18.9 Å². The van der Waals surface area contributed by atoms with Crippen molar-refractivity contribution < 1.29 is 9.53 Å². The van der Waals surface area contributed by atoms with Gasteiger partial charge >= 0.3 is 0 Å². The third-order valence-corrected chi connectivity index (χ3v) is 4.27. The molecule has 0 aliphatic carbocycles. The monoisotopic (exact) mass is 298 g/mol. The highest BCUT2D eigenvalue weighted by molar-refractivity contribution is 7.17. The Kier molecular flexibility index (Phi) is 5.33. The Balaban J connectivity index is 1.91. The Morgan fingerprint density at radius 2 is 2.45 bits per heavy atom. The summed E-state index contributed by atoms with van der Waals surface area (Å²) in [6.45, 7) is 5.91. The van der Waals surface area contributed by atoms with Crippen LogP contribution in [0.5, 0.6) is 0 Å². The lowest BCUT2D eigenvalue weighted by Crippen LogP contribution is -2.35. The van der Waals surface area contributed by atoms with Crippen LogP contribution in [0.15, 0.2) is 0 Å². The first kappa shape index (κ1) is 15.2. The number of nitrogen functional groups attached to an aromatic ring is 1. The minimum atomic E-state index is -0.0806. The van der Waals surface area contributed by atoms with Crippen molar-refractivity contribution in [1.29, 1.82) is 0 Å². The van der Waals surface area contributed by atoms with Gasteiger partial charge in [-0.3, -0.25) is 4.79 Å². The average molecular weight is 298 g/mol. The lowest BCUT2D eigenvalue weighted by atomic mass is 10.1. The SMILES string of the molecule is CCc1nc(N)sc1C(=O)NC[C@@H]1COCCN(C)C1. The summed E-state index contributed by atoms with van der Waals surface area (Å²) in [6, 6.07) is 0. The maximum absolute atomic E-state index is 12.2. The smallest absolute Gasteiger partial charge is 0.263 e. The molecule has 3 N–H and O–H groups in total. The third kappa shape index (κ3) is 3.91. The molecule has 112 valence electrons. The van der Waals surface area contributed by atoms with E-state index in [1.165, 1.54) is 11.3 Å². The summed E-state index contributed by atoms with van der Waals surface area (Å²) >= 11 is 1.25. The predicted molar refractivity (Wildman–Crippen MR) is 80.0 cm³/mol. The Labute approximate surface area is 123 Å². The van der Waals surface area contributed by atoms with Gasteiger partial charge in [0.2, 0.25) is 0 Å². The highest BCUT2D eigenvalue weighted by Crippen LogP contribution is 2.20. The number of nitrogens with zero attached hydrogens (tertiary/aromatic N) is 2. The third-order valence-electron chi connectivity index (χ3n) is 3.35. The molecule has 20 heavy (non-hydrogen) atoms. The van der Waals surface area contributed by atoms with Crippen LogP contribution in [0, 0.1) is 5.92 Å². The van der Waals surface area contributed by atoms with Gasteiger partial charge in [-0.15, -0.1) is 0 Å². The van der Waals surface area contributed by atoms with Crippen LogP contribution in [0.25, 0.3) is 0 Å². The molecule has 1 aromatic rings. The highest BCUT2D eigenvalue weighted by atomic mass is 32.1. The van der Waals surface area contributed by atoms with Gasteiger partial charge in [-0.1, -0.05) is 18.3 Å². The number of carbonyl (C=O) groups excluding carboxylic acids is 1. The summed E-state index contributed by atoms with van der Waals surface area (Å²) in [4.78, 5) is 19.2. The number of amides is 1. The summed E-state index contributed by atoms with van der Waals surface area (Å²) in [5.41, 5.74) is 6.45. The van der Waals surface area contributed by atoms with Crippen molar-refractivity contribution in [3.05, 3.63) is 10.6 Å². The number of anilines is 1. The first-order valence-electron chi connectivity index (χ1n) is 6.89. The fourth-order valence-corrected chi connectivity index (χ4v) is 3.12. The number of carbonyl (C=O) groups is 1. The van der Waals surface area contributed by atoms with Crippen molar-refractivity contribution in [2.45, 2.75) is 13.3 Å².